The van der Waals surface area contributed by atoms with E-state index in [1.165, 1.54) is 0 Å². The molecule has 0 spiro atoms. The fourth-order valence-electron chi connectivity index (χ4n) is 2.88. The van der Waals surface area contributed by atoms with Gasteiger partial charge in [0.25, 0.3) is 29.0 Å². The van der Waals surface area contributed by atoms with E-state index in [1.807, 2.05) is 0 Å². The van der Waals surface area contributed by atoms with Crippen LogP contribution < -0.4 is 26.0 Å². The number of nitrogen functional groups attached to an aromatic ring is 1. The molecule has 1 saturated heterocycles. The lowest BCUT2D eigenvalue weighted by Gasteiger charge is -2.35. The Kier molecular flexibility index (Phi) is 7.22. The van der Waals surface area contributed by atoms with Gasteiger partial charge in [0.05, 0.1) is 6.33 Å². The summed E-state index contributed by atoms with van der Waals surface area (Å²) in [6.45, 7) is -1.43. The fourth-order valence-corrected chi connectivity index (χ4v) is 5.79. The van der Waals surface area contributed by atoms with Crippen LogP contribution in [-0.4, -0.2) is 61.3 Å². The van der Waals surface area contributed by atoms with Crippen LogP contribution in [0.5, 0.6) is 0 Å². The Morgan fingerprint density at radius 2 is 1.97 bits per heavy atom. The molecule has 0 aliphatic carbocycles. The van der Waals surface area contributed by atoms with Crippen LogP contribution in [0.25, 0.3) is 11.2 Å². The first-order valence-electron chi connectivity index (χ1n) is 8.50. The molecule has 0 aromatic carbocycles. The zero-order valence-electron chi connectivity index (χ0n) is 16.4. The smallest absolute Gasteiger partial charge is 0.280 e. The molecular weight excluding hydrogens is 538 g/mol. The minimum atomic E-state index is -6.20. The number of nitrogens with zero attached hydrogens (tertiary/aromatic N) is 3. The second-order valence-corrected chi connectivity index (χ2v) is 10.8. The number of H-pyrrole nitrogens is 1. The first-order chi connectivity index (χ1) is 15.5. The number of phosphoric ester groups is 1. The molecule has 1 aliphatic rings. The van der Waals surface area contributed by atoms with Crippen molar-refractivity contribution in [2.45, 2.75) is 24.3 Å². The van der Waals surface area contributed by atoms with Crippen LogP contribution in [0.1, 0.15) is 6.23 Å². The number of aromatic amines is 1. The number of alkyl halides is 1. The number of phosphoric acid groups is 3. The van der Waals surface area contributed by atoms with Gasteiger partial charge in [0.15, 0.2) is 23.6 Å². The Hall–Kier alpha value is -1.63. The molecule has 3 unspecified atom stereocenters. The number of methoxy groups -OCH3 is 1. The van der Waals surface area contributed by atoms with E-state index in [9.17, 15) is 42.7 Å². The molecular formula is C11H14FN5O14P3-3. The van der Waals surface area contributed by atoms with E-state index in [1.54, 1.807) is 0 Å². The van der Waals surface area contributed by atoms with Gasteiger partial charge in [-0.25, -0.2) is 18.0 Å². The number of halogens is 1. The van der Waals surface area contributed by atoms with Crippen LogP contribution in [0.3, 0.4) is 0 Å². The Morgan fingerprint density at radius 3 is 2.56 bits per heavy atom. The van der Waals surface area contributed by atoms with Crippen molar-refractivity contribution in [1.82, 2.24) is 19.5 Å². The number of hydrogen-bond donors (Lipinski definition) is 4. The highest BCUT2D eigenvalue weighted by Gasteiger charge is 2.58. The Morgan fingerprint density at radius 1 is 1.32 bits per heavy atom. The molecule has 0 amide bonds. The van der Waals surface area contributed by atoms with Crippen LogP contribution in [-0.2, 0) is 36.3 Å². The summed E-state index contributed by atoms with van der Waals surface area (Å²) >= 11 is 0. The third-order valence-corrected chi connectivity index (χ3v) is 7.91. The number of aromatic nitrogens is 4. The van der Waals surface area contributed by atoms with Gasteiger partial charge in [0.2, 0.25) is 11.7 Å². The molecule has 7 atom stereocenters. The Balaban J connectivity index is 1.83. The van der Waals surface area contributed by atoms with Crippen molar-refractivity contribution in [1.29, 1.82) is 0 Å². The fraction of sp³-hybridized carbons (Fsp3) is 0.545. The minimum absolute atomic E-state index is 0.276. The summed E-state index contributed by atoms with van der Waals surface area (Å²) in [4.78, 5) is 63.5. The highest BCUT2D eigenvalue weighted by Crippen LogP contribution is 2.61. The number of aliphatic hydroxyl groups excluding tert-OH is 1. The molecule has 2 aromatic rings. The van der Waals surface area contributed by atoms with Crippen LogP contribution in [0, 0.1) is 0 Å². The Labute approximate surface area is 186 Å². The average Bonchev–Trinajstić information content (AvgIpc) is 3.18. The van der Waals surface area contributed by atoms with Gasteiger partial charge in [-0.15, -0.1) is 0 Å². The van der Waals surface area contributed by atoms with E-state index in [-0.39, 0.29) is 17.1 Å². The van der Waals surface area contributed by atoms with Crippen molar-refractivity contribution in [3.05, 3.63) is 16.7 Å². The highest BCUT2D eigenvalue weighted by molar-refractivity contribution is 7.65. The molecule has 3 heterocycles. The maximum atomic E-state index is 14.9. The summed E-state index contributed by atoms with van der Waals surface area (Å²) in [5.41, 5.74) is 4.11. The van der Waals surface area contributed by atoms with Crippen molar-refractivity contribution in [3.63, 3.8) is 0 Å². The van der Waals surface area contributed by atoms with Gasteiger partial charge in [0, 0.05) is 7.11 Å². The Bertz CT molecular complexity index is 1280. The monoisotopic (exact) mass is 552 g/mol. The molecule has 0 bridgehead atoms. The van der Waals surface area contributed by atoms with Gasteiger partial charge in [0.1, 0.15) is 12.7 Å². The van der Waals surface area contributed by atoms with Gasteiger partial charge in [-0.3, -0.25) is 28.0 Å². The van der Waals surface area contributed by atoms with Gasteiger partial charge in [-0.05, 0) is 0 Å². The van der Waals surface area contributed by atoms with Crippen molar-refractivity contribution in [2.75, 3.05) is 19.5 Å². The molecule has 5 N–H and O–H groups in total. The van der Waals surface area contributed by atoms with Gasteiger partial charge in [-0.2, -0.15) is 4.98 Å². The predicted octanol–water partition coefficient (Wildman–Crippen LogP) is -3.28. The standard InChI is InChI=1S/C11H17FN5O14P3/c1-27-11(2-28-33(23,24)31-34(25,26)30-32(20,21)22)6(18)4(12)9(29-11)17-3-14-5-7(17)15-10(13)16-8(5)19/h3-4,6,9,18H,2H2,1H3,(H,23,24)(H,25,26)(H2,20,21,22)(H3,13,15,16,19)/p-3/t4-,6+,9-,11-/m1/s1. The van der Waals surface area contributed by atoms with E-state index >= 15 is 0 Å². The molecule has 3 rings (SSSR count). The van der Waals surface area contributed by atoms with E-state index in [0.717, 1.165) is 18.0 Å². The van der Waals surface area contributed by atoms with Crippen LogP contribution >= 0.6 is 23.5 Å². The molecule has 1 fully saturated rings. The molecule has 0 saturated carbocycles. The highest BCUT2D eigenvalue weighted by atomic mass is 31.3. The molecule has 34 heavy (non-hydrogen) atoms. The lowest BCUT2D eigenvalue weighted by molar-refractivity contribution is -0.282. The van der Waals surface area contributed by atoms with Gasteiger partial charge < -0.3 is 44.4 Å². The summed E-state index contributed by atoms with van der Waals surface area (Å²) in [5, 5.41) is 10.3. The van der Waals surface area contributed by atoms with Crippen molar-refractivity contribution < 1.29 is 65.4 Å². The first kappa shape index (κ1) is 27.0. The lowest BCUT2D eigenvalue weighted by atomic mass is 10.1. The van der Waals surface area contributed by atoms with Crippen molar-refractivity contribution >= 4 is 40.6 Å². The summed E-state index contributed by atoms with van der Waals surface area (Å²) in [6, 6.07) is 0. The van der Waals surface area contributed by atoms with Crippen molar-refractivity contribution in [3.8, 4) is 0 Å². The van der Waals surface area contributed by atoms with Crippen LogP contribution in [0.4, 0.5) is 10.3 Å². The zero-order chi connectivity index (χ0) is 25.7. The van der Waals surface area contributed by atoms with Crippen LogP contribution in [0.2, 0.25) is 0 Å². The predicted molar refractivity (Wildman–Crippen MR) is 96.5 cm³/mol. The minimum Gasteiger partial charge on any atom is -0.756 e. The summed E-state index contributed by atoms with van der Waals surface area (Å²) in [6.07, 6.45) is -5.59. The second kappa shape index (κ2) is 9.11. The topological polar surface area (TPSA) is 297 Å². The van der Waals surface area contributed by atoms with E-state index in [0.29, 0.717) is 0 Å². The van der Waals surface area contributed by atoms with Crippen molar-refractivity contribution in [2.24, 2.45) is 0 Å². The van der Waals surface area contributed by atoms with Gasteiger partial charge >= 0.3 is 0 Å². The second-order valence-electron chi connectivity index (χ2n) is 6.49. The number of nitrogens with one attached hydrogen (secondary N) is 1. The zero-order valence-corrected chi connectivity index (χ0v) is 19.1. The number of nitrogens with two attached hydrogens (primary N) is 1. The normalized spacial score (nSPS) is 30.6. The third-order valence-electron chi connectivity index (χ3n) is 4.24. The number of aliphatic hydroxyl groups is 1. The molecule has 23 heteroatoms. The number of hydrogen-bond acceptors (Lipinski definition) is 16. The number of ether oxygens (including phenoxy) is 2. The SMILES string of the molecule is CO[C@]1(COP(=O)([O-])OP(=O)([O-])OP(=O)([O-])O)O[C@@H](n2cnc3c(=O)[nH]c(N)nc32)[C@H](F)[C@@H]1O. The number of rotatable bonds is 9. The average molecular weight is 552 g/mol. The quantitative estimate of drug-likeness (QED) is 0.222. The largest absolute Gasteiger partial charge is 0.756 e. The molecule has 1 aliphatic heterocycles. The molecule has 0 radical (unpaired) electrons. The summed E-state index contributed by atoms with van der Waals surface area (Å²) in [5.74, 6) is -2.98. The van der Waals surface area contributed by atoms with E-state index < -0.39 is 59.9 Å². The first-order valence-corrected chi connectivity index (χ1v) is 12.9. The molecule has 2 aromatic heterocycles. The molecule has 19 nitrogen and oxygen atoms in total. The number of anilines is 1. The van der Waals surface area contributed by atoms with E-state index in [4.69, 9.17) is 20.1 Å². The molecule has 192 valence electrons. The lowest BCUT2D eigenvalue weighted by Crippen LogP contribution is -2.48. The van der Waals surface area contributed by atoms with Gasteiger partial charge in [-0.1, -0.05) is 0 Å². The maximum Gasteiger partial charge on any atom is 0.280 e. The van der Waals surface area contributed by atoms with Crippen LogP contribution in [0.15, 0.2) is 11.1 Å². The number of imidazole rings is 1. The maximum absolute atomic E-state index is 14.9. The van der Waals surface area contributed by atoms with E-state index in [2.05, 4.69) is 28.1 Å². The number of fused-ring (bicyclic) bond motifs is 1. The summed E-state index contributed by atoms with van der Waals surface area (Å²) < 4.78 is 70.3. The third kappa shape index (κ3) is 5.60. The summed E-state index contributed by atoms with van der Waals surface area (Å²) in [7, 11) is -17.3.